The van der Waals surface area contributed by atoms with E-state index in [1.165, 1.54) is 4.88 Å². The first kappa shape index (κ1) is 24.4. The van der Waals surface area contributed by atoms with Gasteiger partial charge in [0.15, 0.2) is 0 Å². The summed E-state index contributed by atoms with van der Waals surface area (Å²) in [5, 5.41) is 9.13. The first-order chi connectivity index (χ1) is 16.7. The number of likely N-dealkylation sites (tertiary alicyclic amines) is 1. The zero-order chi connectivity index (χ0) is 23.6. The number of hydrogen-bond acceptors (Lipinski definition) is 6. The molecule has 0 radical (unpaired) electrons. The molecule has 1 saturated heterocycles. The summed E-state index contributed by atoms with van der Waals surface area (Å²) in [5.41, 5.74) is 1.95. The molecule has 0 unspecified atom stereocenters. The van der Waals surface area contributed by atoms with Gasteiger partial charge in [-0.2, -0.15) is 0 Å². The third-order valence-corrected chi connectivity index (χ3v) is 7.76. The fourth-order valence-corrected chi connectivity index (χ4v) is 5.51. The molecule has 3 aromatic rings. The number of thioether (sulfide) groups is 1. The predicted molar refractivity (Wildman–Crippen MR) is 139 cm³/mol. The smallest absolute Gasteiger partial charge is 0.238 e. The van der Waals surface area contributed by atoms with E-state index in [0.717, 1.165) is 54.4 Å². The minimum Gasteiger partial charge on any atom is -0.355 e. The van der Waals surface area contributed by atoms with Gasteiger partial charge in [0.25, 0.3) is 0 Å². The van der Waals surface area contributed by atoms with Crippen LogP contribution in [-0.2, 0) is 21.8 Å². The molecule has 1 aliphatic heterocycles. The van der Waals surface area contributed by atoms with Gasteiger partial charge >= 0.3 is 0 Å². The van der Waals surface area contributed by atoms with Crippen LogP contribution in [0.1, 0.15) is 23.3 Å². The second-order valence-corrected chi connectivity index (χ2v) is 10.4. The van der Waals surface area contributed by atoms with E-state index in [1.807, 2.05) is 42.5 Å². The van der Waals surface area contributed by atoms with Crippen LogP contribution in [0.2, 0.25) is 0 Å². The molecule has 0 aliphatic carbocycles. The van der Waals surface area contributed by atoms with Crippen LogP contribution >= 0.6 is 23.1 Å². The van der Waals surface area contributed by atoms with E-state index < -0.39 is 0 Å². The zero-order valence-corrected chi connectivity index (χ0v) is 20.7. The zero-order valence-electron chi connectivity index (χ0n) is 19.1. The molecule has 4 rings (SSSR count). The maximum Gasteiger partial charge on any atom is 0.238 e. The van der Waals surface area contributed by atoms with Gasteiger partial charge in [-0.15, -0.1) is 23.1 Å². The van der Waals surface area contributed by atoms with Crippen molar-refractivity contribution < 1.29 is 9.59 Å². The predicted octanol–water partition coefficient (Wildman–Crippen LogP) is 4.44. The Bertz CT molecular complexity index is 1050. The number of amides is 2. The Hall–Kier alpha value is -2.68. The van der Waals surface area contributed by atoms with Crippen LogP contribution in [0.4, 0.5) is 5.69 Å². The lowest BCUT2D eigenvalue weighted by molar-refractivity contribution is -0.126. The van der Waals surface area contributed by atoms with Crippen LogP contribution in [0.15, 0.2) is 71.2 Å². The standard InChI is InChI=1S/C26H30N4O2S2/c31-24(29-22-6-3-5-20(17-22)19-34-25-8-1-2-12-27-25)18-30-14-10-21(11-15-30)26(32)28-13-9-23-7-4-16-33-23/h1-8,12,16-17,21H,9-11,13-15,18-19H2,(H,28,32)(H,29,31). The highest BCUT2D eigenvalue weighted by Gasteiger charge is 2.25. The summed E-state index contributed by atoms with van der Waals surface area (Å²) in [4.78, 5) is 32.8. The summed E-state index contributed by atoms with van der Waals surface area (Å²) < 4.78 is 0. The van der Waals surface area contributed by atoms with Crippen LogP contribution in [0.5, 0.6) is 0 Å². The molecule has 1 fully saturated rings. The minimum absolute atomic E-state index is 0.0200. The van der Waals surface area contributed by atoms with Crippen LogP contribution in [0.3, 0.4) is 0 Å². The Morgan fingerprint density at radius 2 is 1.97 bits per heavy atom. The first-order valence-electron chi connectivity index (χ1n) is 11.6. The van der Waals surface area contributed by atoms with Crippen molar-refractivity contribution in [3.63, 3.8) is 0 Å². The number of anilines is 1. The van der Waals surface area contributed by atoms with E-state index in [4.69, 9.17) is 0 Å². The summed E-state index contributed by atoms with van der Waals surface area (Å²) in [6.07, 6.45) is 4.25. The van der Waals surface area contributed by atoms with Crippen molar-refractivity contribution in [1.29, 1.82) is 0 Å². The average molecular weight is 495 g/mol. The number of carbonyl (C=O) groups is 2. The second kappa shape index (κ2) is 12.7. The van der Waals surface area contributed by atoms with E-state index in [0.29, 0.717) is 13.1 Å². The van der Waals surface area contributed by atoms with E-state index in [1.54, 1.807) is 29.3 Å². The SMILES string of the molecule is O=C(CN1CCC(C(=O)NCCc2cccs2)CC1)Nc1cccc(CSc2ccccn2)c1. The van der Waals surface area contributed by atoms with Crippen molar-refractivity contribution in [2.45, 2.75) is 30.0 Å². The van der Waals surface area contributed by atoms with Crippen molar-refractivity contribution in [1.82, 2.24) is 15.2 Å². The normalized spacial score (nSPS) is 14.6. The summed E-state index contributed by atoms with van der Waals surface area (Å²) in [5.74, 6) is 0.953. The maximum atomic E-state index is 12.6. The van der Waals surface area contributed by atoms with E-state index in [9.17, 15) is 9.59 Å². The van der Waals surface area contributed by atoms with Gasteiger partial charge in [0.05, 0.1) is 11.6 Å². The Kier molecular flexibility index (Phi) is 9.12. The van der Waals surface area contributed by atoms with Gasteiger partial charge in [0, 0.05) is 35.0 Å². The Morgan fingerprint density at radius 1 is 1.09 bits per heavy atom. The number of nitrogens with one attached hydrogen (secondary N) is 2. The fourth-order valence-electron chi connectivity index (χ4n) is 3.99. The summed E-state index contributed by atoms with van der Waals surface area (Å²) >= 11 is 3.39. The molecule has 2 amide bonds. The lowest BCUT2D eigenvalue weighted by atomic mass is 9.96. The number of piperidine rings is 1. The Morgan fingerprint density at radius 3 is 2.74 bits per heavy atom. The molecule has 0 bridgehead atoms. The van der Waals surface area contributed by atoms with Gasteiger partial charge < -0.3 is 10.6 Å². The Labute approximate surface area is 209 Å². The topological polar surface area (TPSA) is 74.3 Å². The van der Waals surface area contributed by atoms with Crippen LogP contribution in [-0.4, -0.2) is 47.9 Å². The monoisotopic (exact) mass is 494 g/mol. The number of benzene rings is 1. The molecule has 178 valence electrons. The number of aromatic nitrogens is 1. The van der Waals surface area contributed by atoms with Crippen LogP contribution < -0.4 is 10.6 Å². The number of thiophene rings is 1. The maximum absolute atomic E-state index is 12.6. The molecule has 1 aromatic carbocycles. The molecular formula is C26H30N4O2S2. The molecule has 0 saturated carbocycles. The highest BCUT2D eigenvalue weighted by Crippen LogP contribution is 2.22. The number of carbonyl (C=O) groups excluding carboxylic acids is 2. The highest BCUT2D eigenvalue weighted by atomic mass is 32.2. The molecule has 8 heteroatoms. The fraction of sp³-hybridized carbons (Fsp3) is 0.346. The van der Waals surface area contributed by atoms with Crippen molar-refractivity contribution in [2.24, 2.45) is 5.92 Å². The van der Waals surface area contributed by atoms with Gasteiger partial charge in [-0.3, -0.25) is 14.5 Å². The van der Waals surface area contributed by atoms with E-state index >= 15 is 0 Å². The van der Waals surface area contributed by atoms with Crippen molar-refractivity contribution in [3.8, 4) is 0 Å². The molecule has 2 N–H and O–H groups in total. The molecule has 2 aromatic heterocycles. The van der Waals surface area contributed by atoms with Gasteiger partial charge in [-0.05, 0) is 73.6 Å². The van der Waals surface area contributed by atoms with E-state index in [-0.39, 0.29) is 17.7 Å². The van der Waals surface area contributed by atoms with Gasteiger partial charge in [-0.1, -0.05) is 24.3 Å². The molecule has 0 spiro atoms. The quantitative estimate of drug-likeness (QED) is 0.408. The third kappa shape index (κ3) is 7.68. The second-order valence-electron chi connectivity index (χ2n) is 8.38. The average Bonchev–Trinajstić information content (AvgIpc) is 3.37. The van der Waals surface area contributed by atoms with Crippen molar-refractivity contribution >= 4 is 40.6 Å². The number of hydrogen-bond donors (Lipinski definition) is 2. The largest absolute Gasteiger partial charge is 0.355 e. The van der Waals surface area contributed by atoms with Crippen molar-refractivity contribution in [3.05, 3.63) is 76.6 Å². The third-order valence-electron chi connectivity index (χ3n) is 5.81. The van der Waals surface area contributed by atoms with Gasteiger partial charge in [-0.25, -0.2) is 4.98 Å². The van der Waals surface area contributed by atoms with Gasteiger partial charge in [0.2, 0.25) is 11.8 Å². The van der Waals surface area contributed by atoms with Gasteiger partial charge in [0.1, 0.15) is 0 Å². The van der Waals surface area contributed by atoms with Crippen LogP contribution in [0, 0.1) is 5.92 Å². The summed E-state index contributed by atoms with van der Waals surface area (Å²) in [6, 6.07) is 18.0. The minimum atomic E-state index is -0.0200. The lowest BCUT2D eigenvalue weighted by Gasteiger charge is -2.30. The Balaban J connectivity index is 1.16. The molecule has 0 atom stereocenters. The molecular weight excluding hydrogens is 464 g/mol. The number of pyridine rings is 1. The molecule has 1 aliphatic rings. The number of rotatable bonds is 10. The first-order valence-corrected chi connectivity index (χ1v) is 13.5. The molecule has 6 nitrogen and oxygen atoms in total. The highest BCUT2D eigenvalue weighted by molar-refractivity contribution is 7.98. The summed E-state index contributed by atoms with van der Waals surface area (Å²) in [7, 11) is 0. The van der Waals surface area contributed by atoms with Crippen LogP contribution in [0.25, 0.3) is 0 Å². The van der Waals surface area contributed by atoms with Crippen molar-refractivity contribution in [2.75, 3.05) is 31.5 Å². The lowest BCUT2D eigenvalue weighted by Crippen LogP contribution is -2.43. The molecule has 34 heavy (non-hydrogen) atoms. The summed E-state index contributed by atoms with van der Waals surface area (Å²) in [6.45, 7) is 2.55. The van der Waals surface area contributed by atoms with E-state index in [2.05, 4.69) is 38.0 Å². The number of nitrogens with zero attached hydrogens (tertiary/aromatic N) is 2. The molecule has 3 heterocycles.